The second-order valence-electron chi connectivity index (χ2n) is 7.98. The summed E-state index contributed by atoms with van der Waals surface area (Å²) in [6.07, 6.45) is 0. The number of carbonyl (C=O) groups excluding carboxylic acids is 1. The summed E-state index contributed by atoms with van der Waals surface area (Å²) >= 11 is 1.53. The lowest BCUT2D eigenvalue weighted by atomic mass is 10.0. The van der Waals surface area contributed by atoms with Crippen LogP contribution >= 0.6 is 11.3 Å². The normalized spacial score (nSPS) is 14.7. The monoisotopic (exact) mass is 461 g/mol. The largest absolute Gasteiger partial charge is 0.378 e. The number of nitrogens with two attached hydrogens (primary N) is 1. The van der Waals surface area contributed by atoms with Crippen LogP contribution in [0.4, 0.5) is 5.13 Å². The summed E-state index contributed by atoms with van der Waals surface area (Å²) in [6, 6.07) is 6.65. The lowest BCUT2D eigenvalue weighted by Gasteiger charge is -2.34. The Bertz CT molecular complexity index is 852. The van der Waals surface area contributed by atoms with Gasteiger partial charge in [0, 0.05) is 51.2 Å². The second kappa shape index (κ2) is 12.9. The Morgan fingerprint density at radius 2 is 1.88 bits per heavy atom. The van der Waals surface area contributed by atoms with Crippen molar-refractivity contribution in [2.24, 2.45) is 5.73 Å². The summed E-state index contributed by atoms with van der Waals surface area (Å²) in [7, 11) is 0. The predicted octanol–water partition coefficient (Wildman–Crippen LogP) is 1.80. The lowest BCUT2D eigenvalue weighted by Crippen LogP contribution is -2.46. The van der Waals surface area contributed by atoms with Gasteiger partial charge in [-0.2, -0.15) is 0 Å². The SMILES string of the molecule is Cc1ccc(C)c(CN2CCN(c3nc(C(=O)NCCOCCOCCN)cs3)CC2)c1. The Morgan fingerprint density at radius 3 is 2.62 bits per heavy atom. The number of amides is 1. The van der Waals surface area contributed by atoms with E-state index in [9.17, 15) is 4.79 Å². The van der Waals surface area contributed by atoms with E-state index in [1.807, 2.05) is 5.38 Å². The average molecular weight is 462 g/mol. The van der Waals surface area contributed by atoms with Crippen molar-refractivity contribution in [1.29, 1.82) is 0 Å². The topological polar surface area (TPSA) is 93.0 Å². The number of anilines is 1. The van der Waals surface area contributed by atoms with Crippen LogP contribution in [0.3, 0.4) is 0 Å². The third-order valence-corrected chi connectivity index (χ3v) is 6.33. The molecule has 2 heterocycles. The highest BCUT2D eigenvalue weighted by Gasteiger charge is 2.21. The number of benzene rings is 1. The average Bonchev–Trinajstić information content (AvgIpc) is 3.29. The van der Waals surface area contributed by atoms with Gasteiger partial charge < -0.3 is 25.4 Å². The molecule has 0 unspecified atom stereocenters. The molecule has 0 spiro atoms. The van der Waals surface area contributed by atoms with Crippen LogP contribution < -0.4 is 16.0 Å². The number of aromatic nitrogens is 1. The zero-order chi connectivity index (χ0) is 22.8. The van der Waals surface area contributed by atoms with Gasteiger partial charge in [-0.05, 0) is 25.0 Å². The first-order valence-electron chi connectivity index (χ1n) is 11.2. The van der Waals surface area contributed by atoms with E-state index in [0.29, 0.717) is 45.2 Å². The molecule has 1 saturated heterocycles. The molecule has 0 radical (unpaired) electrons. The maximum atomic E-state index is 12.3. The van der Waals surface area contributed by atoms with Crippen LogP contribution in [-0.4, -0.2) is 81.5 Å². The van der Waals surface area contributed by atoms with Crippen LogP contribution in [0.15, 0.2) is 23.6 Å². The van der Waals surface area contributed by atoms with Crippen molar-refractivity contribution in [1.82, 2.24) is 15.2 Å². The van der Waals surface area contributed by atoms with Crippen molar-refractivity contribution >= 4 is 22.4 Å². The molecule has 0 saturated carbocycles. The lowest BCUT2D eigenvalue weighted by molar-refractivity contribution is 0.0511. The molecule has 1 aliphatic heterocycles. The van der Waals surface area contributed by atoms with Gasteiger partial charge in [-0.3, -0.25) is 9.69 Å². The van der Waals surface area contributed by atoms with Crippen LogP contribution in [-0.2, 0) is 16.0 Å². The van der Waals surface area contributed by atoms with Gasteiger partial charge in [0.05, 0.1) is 26.4 Å². The van der Waals surface area contributed by atoms with Gasteiger partial charge in [0.15, 0.2) is 5.13 Å². The molecule has 2 aromatic rings. The standard InChI is InChI=1S/C23H35N5O3S/c1-18-3-4-19(2)20(15-18)16-27-7-9-28(10-8-27)23-26-21(17-32-23)22(29)25-6-12-31-14-13-30-11-5-24/h3-4,15,17H,5-14,16,24H2,1-2H3,(H,25,29). The number of aryl methyl sites for hydroxylation is 2. The maximum Gasteiger partial charge on any atom is 0.270 e. The number of thiazole rings is 1. The van der Waals surface area contributed by atoms with Crippen molar-refractivity contribution in [3.63, 3.8) is 0 Å². The maximum absolute atomic E-state index is 12.3. The van der Waals surface area contributed by atoms with E-state index in [-0.39, 0.29) is 5.91 Å². The zero-order valence-electron chi connectivity index (χ0n) is 19.1. The third kappa shape index (κ3) is 7.53. The van der Waals surface area contributed by atoms with E-state index in [1.165, 1.54) is 28.0 Å². The highest BCUT2D eigenvalue weighted by Crippen LogP contribution is 2.23. The fraction of sp³-hybridized carbons (Fsp3) is 0.565. The Balaban J connectivity index is 1.37. The molecule has 8 nitrogen and oxygen atoms in total. The zero-order valence-corrected chi connectivity index (χ0v) is 20.0. The molecule has 3 rings (SSSR count). The van der Waals surface area contributed by atoms with Gasteiger partial charge in [0.1, 0.15) is 5.69 Å². The minimum atomic E-state index is -0.163. The molecule has 3 N–H and O–H groups in total. The van der Waals surface area contributed by atoms with Gasteiger partial charge >= 0.3 is 0 Å². The summed E-state index contributed by atoms with van der Waals surface area (Å²) in [5.74, 6) is -0.163. The number of rotatable bonds is 12. The van der Waals surface area contributed by atoms with E-state index in [1.54, 1.807) is 0 Å². The van der Waals surface area contributed by atoms with E-state index in [4.69, 9.17) is 15.2 Å². The van der Waals surface area contributed by atoms with E-state index < -0.39 is 0 Å². The smallest absolute Gasteiger partial charge is 0.270 e. The van der Waals surface area contributed by atoms with Gasteiger partial charge in [-0.25, -0.2) is 4.98 Å². The Hall–Kier alpha value is -2.04. The van der Waals surface area contributed by atoms with Gasteiger partial charge in [0.25, 0.3) is 5.91 Å². The Kier molecular flexibility index (Phi) is 9.89. The molecular formula is C23H35N5O3S. The second-order valence-corrected chi connectivity index (χ2v) is 8.81. The number of carbonyl (C=O) groups is 1. The Morgan fingerprint density at radius 1 is 1.12 bits per heavy atom. The third-order valence-electron chi connectivity index (χ3n) is 5.43. The number of piperazine rings is 1. The van der Waals surface area contributed by atoms with Gasteiger partial charge in [0.2, 0.25) is 0 Å². The Labute approximate surface area is 194 Å². The summed E-state index contributed by atoms with van der Waals surface area (Å²) in [4.78, 5) is 21.7. The van der Waals surface area contributed by atoms with Crippen LogP contribution in [0, 0.1) is 13.8 Å². The molecule has 1 aromatic heterocycles. The van der Waals surface area contributed by atoms with Gasteiger partial charge in [-0.15, -0.1) is 11.3 Å². The fourth-order valence-electron chi connectivity index (χ4n) is 3.56. The molecule has 0 atom stereocenters. The van der Waals surface area contributed by atoms with Crippen molar-refractivity contribution in [3.8, 4) is 0 Å². The molecule has 1 aliphatic rings. The predicted molar refractivity (Wildman–Crippen MR) is 129 cm³/mol. The number of nitrogens with zero attached hydrogens (tertiary/aromatic N) is 3. The minimum Gasteiger partial charge on any atom is -0.378 e. The number of hydrogen-bond acceptors (Lipinski definition) is 8. The summed E-state index contributed by atoms with van der Waals surface area (Å²) in [5, 5.41) is 5.59. The van der Waals surface area contributed by atoms with Crippen LogP contribution in [0.25, 0.3) is 0 Å². The molecular weight excluding hydrogens is 426 g/mol. The molecule has 1 amide bonds. The van der Waals surface area contributed by atoms with Crippen LogP contribution in [0.5, 0.6) is 0 Å². The van der Waals surface area contributed by atoms with E-state index in [2.05, 4.69) is 52.1 Å². The van der Waals surface area contributed by atoms with Crippen molar-refractivity contribution < 1.29 is 14.3 Å². The molecule has 0 aliphatic carbocycles. The molecule has 1 aromatic carbocycles. The first-order valence-corrected chi connectivity index (χ1v) is 12.1. The highest BCUT2D eigenvalue weighted by atomic mass is 32.1. The van der Waals surface area contributed by atoms with Gasteiger partial charge in [-0.1, -0.05) is 23.8 Å². The van der Waals surface area contributed by atoms with Crippen LogP contribution in [0.1, 0.15) is 27.2 Å². The molecule has 32 heavy (non-hydrogen) atoms. The first kappa shape index (κ1) is 24.6. The van der Waals surface area contributed by atoms with Crippen molar-refractivity contribution in [3.05, 3.63) is 46.0 Å². The number of hydrogen-bond donors (Lipinski definition) is 2. The first-order chi connectivity index (χ1) is 15.6. The van der Waals surface area contributed by atoms with Crippen molar-refractivity contribution in [2.75, 3.05) is 70.6 Å². The highest BCUT2D eigenvalue weighted by molar-refractivity contribution is 7.13. The minimum absolute atomic E-state index is 0.163. The summed E-state index contributed by atoms with van der Waals surface area (Å²) in [6.45, 7) is 12.0. The number of ether oxygens (including phenoxy) is 2. The summed E-state index contributed by atoms with van der Waals surface area (Å²) < 4.78 is 10.7. The molecule has 0 bridgehead atoms. The molecule has 1 fully saturated rings. The quantitative estimate of drug-likeness (QED) is 0.466. The van der Waals surface area contributed by atoms with E-state index in [0.717, 1.165) is 37.9 Å². The van der Waals surface area contributed by atoms with Crippen LogP contribution in [0.2, 0.25) is 0 Å². The number of nitrogens with one attached hydrogen (secondary N) is 1. The van der Waals surface area contributed by atoms with E-state index >= 15 is 0 Å². The van der Waals surface area contributed by atoms with Crippen molar-refractivity contribution in [2.45, 2.75) is 20.4 Å². The summed E-state index contributed by atoms with van der Waals surface area (Å²) in [5.41, 5.74) is 9.87. The molecule has 9 heteroatoms. The fourth-order valence-corrected chi connectivity index (χ4v) is 4.41. The molecule has 176 valence electrons.